The van der Waals surface area contributed by atoms with Crippen LogP contribution in [-0.4, -0.2) is 20.8 Å². The predicted octanol–water partition coefficient (Wildman–Crippen LogP) is 3.62. The van der Waals surface area contributed by atoms with E-state index < -0.39 is 0 Å². The normalized spacial score (nSPS) is 10.5. The Bertz CT molecular complexity index is 614. The number of halogens is 1. The molecule has 0 saturated carbocycles. The number of methoxy groups -OCH3 is 2. The maximum atomic E-state index is 14.1. The lowest BCUT2D eigenvalue weighted by atomic mass is 10.0. The fraction of sp³-hybridized carbons (Fsp3) is 0.294. The van der Waals surface area contributed by atoms with Crippen molar-refractivity contribution in [3.63, 3.8) is 0 Å². The van der Waals surface area contributed by atoms with Crippen molar-refractivity contribution in [3.8, 4) is 22.6 Å². The van der Waals surface area contributed by atoms with Crippen molar-refractivity contribution >= 4 is 0 Å². The van der Waals surface area contributed by atoms with Gasteiger partial charge in [-0.25, -0.2) is 4.39 Å². The third kappa shape index (κ3) is 3.52. The van der Waals surface area contributed by atoms with Crippen LogP contribution in [0.4, 0.5) is 4.39 Å². The monoisotopic (exact) mass is 289 g/mol. The predicted molar refractivity (Wildman–Crippen MR) is 82.3 cm³/mol. The lowest BCUT2D eigenvalue weighted by Crippen LogP contribution is -2.12. The van der Waals surface area contributed by atoms with E-state index in [0.717, 1.165) is 17.7 Å². The smallest absolute Gasteiger partial charge is 0.161 e. The van der Waals surface area contributed by atoms with Gasteiger partial charge in [-0.2, -0.15) is 0 Å². The minimum Gasteiger partial charge on any atom is -0.493 e. The van der Waals surface area contributed by atoms with Gasteiger partial charge in [0.1, 0.15) is 5.82 Å². The molecule has 2 rings (SSSR count). The highest BCUT2D eigenvalue weighted by molar-refractivity contribution is 5.67. The van der Waals surface area contributed by atoms with Crippen molar-refractivity contribution in [2.45, 2.75) is 13.5 Å². The van der Waals surface area contributed by atoms with Gasteiger partial charge in [0.05, 0.1) is 14.2 Å². The molecule has 0 fully saturated rings. The highest BCUT2D eigenvalue weighted by atomic mass is 19.1. The zero-order valence-corrected chi connectivity index (χ0v) is 12.6. The summed E-state index contributed by atoms with van der Waals surface area (Å²) in [5.41, 5.74) is 2.37. The summed E-state index contributed by atoms with van der Waals surface area (Å²) in [7, 11) is 3.18. The molecule has 1 N–H and O–H groups in total. The summed E-state index contributed by atoms with van der Waals surface area (Å²) < 4.78 is 24.6. The Morgan fingerprint density at radius 1 is 0.952 bits per heavy atom. The van der Waals surface area contributed by atoms with Crippen LogP contribution in [0.3, 0.4) is 0 Å². The maximum absolute atomic E-state index is 14.1. The van der Waals surface area contributed by atoms with Gasteiger partial charge in [-0.05, 0) is 35.9 Å². The summed E-state index contributed by atoms with van der Waals surface area (Å²) in [5, 5.41) is 3.12. The van der Waals surface area contributed by atoms with Gasteiger partial charge in [0, 0.05) is 12.1 Å². The lowest BCUT2D eigenvalue weighted by Gasteiger charge is -2.11. The van der Waals surface area contributed by atoms with Crippen molar-refractivity contribution in [2.24, 2.45) is 0 Å². The molecule has 4 heteroatoms. The van der Waals surface area contributed by atoms with E-state index in [0.29, 0.717) is 23.6 Å². The van der Waals surface area contributed by atoms with Crippen LogP contribution in [0.15, 0.2) is 36.4 Å². The number of hydrogen-bond donors (Lipinski definition) is 1. The summed E-state index contributed by atoms with van der Waals surface area (Å²) in [6, 6.07) is 10.8. The van der Waals surface area contributed by atoms with Gasteiger partial charge < -0.3 is 14.8 Å². The molecule has 0 aliphatic rings. The molecule has 0 atom stereocenters. The van der Waals surface area contributed by atoms with Gasteiger partial charge >= 0.3 is 0 Å². The van der Waals surface area contributed by atoms with Gasteiger partial charge in [0.2, 0.25) is 0 Å². The van der Waals surface area contributed by atoms with E-state index in [4.69, 9.17) is 9.47 Å². The average Bonchev–Trinajstić information content (AvgIpc) is 2.53. The van der Waals surface area contributed by atoms with E-state index in [-0.39, 0.29) is 5.82 Å². The SMILES string of the molecule is CCNCc1ccc(-c2ccc(OC)c(OC)c2)cc1F. The second kappa shape index (κ2) is 7.09. The van der Waals surface area contributed by atoms with Crippen molar-refractivity contribution in [2.75, 3.05) is 20.8 Å². The van der Waals surface area contributed by atoms with E-state index in [1.807, 2.05) is 37.3 Å². The van der Waals surface area contributed by atoms with Crippen LogP contribution in [-0.2, 0) is 6.54 Å². The molecule has 21 heavy (non-hydrogen) atoms. The minimum absolute atomic E-state index is 0.205. The first-order valence-corrected chi connectivity index (χ1v) is 6.91. The zero-order chi connectivity index (χ0) is 15.2. The largest absolute Gasteiger partial charge is 0.493 e. The van der Waals surface area contributed by atoms with Crippen LogP contribution in [0.2, 0.25) is 0 Å². The average molecular weight is 289 g/mol. The summed E-state index contributed by atoms with van der Waals surface area (Å²) in [5.74, 6) is 1.08. The second-order valence-corrected chi connectivity index (χ2v) is 4.66. The van der Waals surface area contributed by atoms with E-state index in [2.05, 4.69) is 5.32 Å². The number of benzene rings is 2. The zero-order valence-electron chi connectivity index (χ0n) is 12.6. The molecule has 3 nitrogen and oxygen atoms in total. The molecule has 0 aliphatic heterocycles. The minimum atomic E-state index is -0.205. The van der Waals surface area contributed by atoms with E-state index >= 15 is 0 Å². The fourth-order valence-corrected chi connectivity index (χ4v) is 2.15. The molecule has 0 heterocycles. The molecule has 0 spiro atoms. The Kier molecular flexibility index (Phi) is 5.17. The standard InChI is InChI=1S/C17H20FNO2/c1-4-19-11-14-6-5-12(9-15(14)18)13-7-8-16(20-2)17(10-13)21-3/h5-10,19H,4,11H2,1-3H3. The molecule has 0 saturated heterocycles. The van der Waals surface area contributed by atoms with Crippen molar-refractivity contribution in [1.82, 2.24) is 5.32 Å². The molecular weight excluding hydrogens is 269 g/mol. The van der Waals surface area contributed by atoms with Gasteiger partial charge in [0.25, 0.3) is 0 Å². The fourth-order valence-electron chi connectivity index (χ4n) is 2.15. The lowest BCUT2D eigenvalue weighted by molar-refractivity contribution is 0.355. The summed E-state index contributed by atoms with van der Waals surface area (Å²) in [6.45, 7) is 3.35. The van der Waals surface area contributed by atoms with Crippen molar-refractivity contribution < 1.29 is 13.9 Å². The first kappa shape index (κ1) is 15.3. The van der Waals surface area contributed by atoms with Gasteiger partial charge in [0.15, 0.2) is 11.5 Å². The van der Waals surface area contributed by atoms with Crippen LogP contribution < -0.4 is 14.8 Å². The van der Waals surface area contributed by atoms with Crippen LogP contribution in [0.5, 0.6) is 11.5 Å². The first-order valence-electron chi connectivity index (χ1n) is 6.91. The molecule has 0 bridgehead atoms. The third-order valence-corrected chi connectivity index (χ3v) is 3.34. The van der Waals surface area contributed by atoms with E-state index in [1.165, 1.54) is 0 Å². The molecule has 2 aromatic rings. The van der Waals surface area contributed by atoms with E-state index in [1.54, 1.807) is 20.3 Å². The second-order valence-electron chi connectivity index (χ2n) is 4.66. The number of hydrogen-bond acceptors (Lipinski definition) is 3. The van der Waals surface area contributed by atoms with Crippen LogP contribution >= 0.6 is 0 Å². The van der Waals surface area contributed by atoms with Crippen molar-refractivity contribution in [1.29, 1.82) is 0 Å². The third-order valence-electron chi connectivity index (χ3n) is 3.34. The molecule has 0 amide bonds. The van der Waals surface area contributed by atoms with E-state index in [9.17, 15) is 4.39 Å². The molecule has 2 aromatic carbocycles. The Morgan fingerprint density at radius 2 is 1.62 bits per heavy atom. The highest BCUT2D eigenvalue weighted by Gasteiger charge is 2.08. The van der Waals surface area contributed by atoms with Crippen molar-refractivity contribution in [3.05, 3.63) is 47.8 Å². The summed E-state index contributed by atoms with van der Waals surface area (Å²) in [6.07, 6.45) is 0. The topological polar surface area (TPSA) is 30.5 Å². The number of nitrogens with one attached hydrogen (secondary N) is 1. The Balaban J connectivity index is 2.32. The molecule has 112 valence electrons. The van der Waals surface area contributed by atoms with Gasteiger partial charge in [-0.15, -0.1) is 0 Å². The maximum Gasteiger partial charge on any atom is 0.161 e. The molecule has 0 aromatic heterocycles. The van der Waals surface area contributed by atoms with Crippen LogP contribution in [0, 0.1) is 5.82 Å². The highest BCUT2D eigenvalue weighted by Crippen LogP contribution is 2.32. The molecule has 0 unspecified atom stereocenters. The quantitative estimate of drug-likeness (QED) is 0.881. The number of ether oxygens (including phenoxy) is 2. The first-order chi connectivity index (χ1) is 10.2. The summed E-state index contributed by atoms with van der Waals surface area (Å²) >= 11 is 0. The van der Waals surface area contributed by atoms with Gasteiger partial charge in [-0.1, -0.05) is 25.1 Å². The van der Waals surface area contributed by atoms with Crippen LogP contribution in [0.25, 0.3) is 11.1 Å². The Morgan fingerprint density at radius 3 is 2.24 bits per heavy atom. The Hall–Kier alpha value is -2.07. The van der Waals surface area contributed by atoms with Crippen LogP contribution in [0.1, 0.15) is 12.5 Å². The molecular formula is C17H20FNO2. The number of rotatable bonds is 6. The Labute approximate surface area is 124 Å². The summed E-state index contributed by atoms with van der Waals surface area (Å²) in [4.78, 5) is 0. The molecule has 0 aliphatic carbocycles. The van der Waals surface area contributed by atoms with Gasteiger partial charge in [-0.3, -0.25) is 0 Å². The molecule has 0 radical (unpaired) electrons.